The van der Waals surface area contributed by atoms with E-state index in [9.17, 15) is 9.59 Å². The fraction of sp³-hybridized carbons (Fsp3) is 0.300. The highest BCUT2D eigenvalue weighted by Crippen LogP contribution is 2.54. The number of para-hydroxylation sites is 1. The molecule has 0 fully saturated rings. The van der Waals surface area contributed by atoms with Crippen molar-refractivity contribution in [2.45, 2.75) is 44.8 Å². The number of nitrogens with one attached hydrogen (secondary N) is 2. The van der Waals surface area contributed by atoms with Crippen LogP contribution < -0.4 is 28.9 Å². The van der Waals surface area contributed by atoms with E-state index in [1.54, 1.807) is 44.4 Å². The van der Waals surface area contributed by atoms with Gasteiger partial charge in [-0.25, -0.2) is 0 Å². The lowest BCUT2D eigenvalue weighted by Crippen LogP contribution is -2.44. The minimum Gasteiger partial charge on any atom is -0.543 e. The molecule has 6 aromatic rings. The van der Waals surface area contributed by atoms with Crippen molar-refractivity contribution in [3.8, 4) is 23.0 Å². The third-order valence-electron chi connectivity index (χ3n) is 10.4. The number of benzene rings is 4. The van der Waals surface area contributed by atoms with Gasteiger partial charge in [0.2, 0.25) is 5.75 Å². The fourth-order valence-corrected chi connectivity index (χ4v) is 7.94. The second-order valence-electron chi connectivity index (χ2n) is 14.6. The van der Waals surface area contributed by atoms with E-state index in [4.69, 9.17) is 34.7 Å². The Balaban J connectivity index is 1.29. The summed E-state index contributed by atoms with van der Waals surface area (Å²) in [6, 6.07) is 20.3. The van der Waals surface area contributed by atoms with E-state index in [0.29, 0.717) is 52.2 Å². The first-order valence-corrected chi connectivity index (χ1v) is 20.5. The Morgan fingerprint density at radius 1 is 0.942 bits per heavy atom. The maximum atomic E-state index is 14.5. The van der Waals surface area contributed by atoms with Gasteiger partial charge >= 0.3 is 0 Å². The van der Waals surface area contributed by atoms with E-state index >= 15 is 0 Å². The van der Waals surface area contributed by atoms with Crippen molar-refractivity contribution in [1.82, 2.24) is 4.98 Å². The van der Waals surface area contributed by atoms with Gasteiger partial charge in [0.05, 0.1) is 27.0 Å². The summed E-state index contributed by atoms with van der Waals surface area (Å²) < 4.78 is 30.3. The van der Waals surface area contributed by atoms with Gasteiger partial charge in [-0.3, -0.25) is 9.59 Å². The average molecular weight is 740 g/mol. The number of carbonyl (C=O) groups is 2. The van der Waals surface area contributed by atoms with Crippen LogP contribution in [0.2, 0.25) is 18.1 Å². The highest BCUT2D eigenvalue weighted by atomic mass is 35.5. The Hall–Kier alpha value is -5.13. The highest BCUT2D eigenvalue weighted by molar-refractivity contribution is 6.74. The Morgan fingerprint density at radius 3 is 2.37 bits per heavy atom. The van der Waals surface area contributed by atoms with E-state index in [1.165, 1.54) is 0 Å². The van der Waals surface area contributed by atoms with Gasteiger partial charge < -0.3 is 38.3 Å². The number of fused-ring (bicyclic) bond motifs is 5. The van der Waals surface area contributed by atoms with Crippen LogP contribution in [0.25, 0.3) is 32.6 Å². The van der Waals surface area contributed by atoms with Gasteiger partial charge in [0.25, 0.3) is 20.1 Å². The topological polar surface area (TPSA) is 115 Å². The molecule has 7 rings (SSSR count). The third kappa shape index (κ3) is 5.91. The Bertz CT molecular complexity index is 2340. The fourth-order valence-electron chi connectivity index (χ4n) is 6.66. The summed E-state index contributed by atoms with van der Waals surface area (Å²) in [5.74, 6) is 1.76. The third-order valence-corrected chi connectivity index (χ3v) is 15.1. The SMILES string of the molecule is COc1cc2c(O[Si](C)(C)C(C)(C)C)cc3c(c2c(OC)c1OC)C(CCl)CN3C(=O)c1cc2cc(NC(=O)c3cc4ccccc4o3)ccc2[nH]1. The molecule has 0 bridgehead atoms. The number of halogens is 1. The Morgan fingerprint density at radius 2 is 1.69 bits per heavy atom. The maximum Gasteiger partial charge on any atom is 0.291 e. The summed E-state index contributed by atoms with van der Waals surface area (Å²) >= 11 is 6.67. The number of aromatic nitrogens is 1. The number of hydrogen-bond donors (Lipinski definition) is 2. The first kappa shape index (κ1) is 35.3. The van der Waals surface area contributed by atoms with Crippen LogP contribution in [0.5, 0.6) is 23.0 Å². The standard InChI is InChI=1S/C40H42ClN3O7Si/c1-40(2,3)52(7,8)51-31-19-29-34(35-26(31)18-32(47-4)36(48-5)37(35)49-6)24(20-41)21-44(29)39(46)28-16-23-15-25(13-14-27(23)43-28)42-38(45)33-17-22-11-9-10-12-30(22)50-33/h9-19,24,43H,20-21H2,1-8H3,(H,42,45). The van der Waals surface area contributed by atoms with Crippen molar-refractivity contribution in [3.05, 3.63) is 83.7 Å². The summed E-state index contributed by atoms with van der Waals surface area (Å²) in [4.78, 5) is 32.6. The summed E-state index contributed by atoms with van der Waals surface area (Å²) in [6.45, 7) is 11.3. The number of furan rings is 1. The lowest BCUT2D eigenvalue weighted by molar-refractivity contribution is 0.0981. The molecular weight excluding hydrogens is 698 g/mol. The number of alkyl halides is 1. The lowest BCUT2D eigenvalue weighted by atomic mass is 9.94. The number of anilines is 2. The predicted molar refractivity (Wildman–Crippen MR) is 209 cm³/mol. The van der Waals surface area contributed by atoms with Crippen molar-refractivity contribution in [2.75, 3.05) is 44.0 Å². The largest absolute Gasteiger partial charge is 0.543 e. The molecule has 0 saturated carbocycles. The summed E-state index contributed by atoms with van der Waals surface area (Å²) in [5.41, 5.74) is 3.92. The maximum absolute atomic E-state index is 14.5. The van der Waals surface area contributed by atoms with Gasteiger partial charge in [-0.15, -0.1) is 11.6 Å². The minimum absolute atomic E-state index is 0.0953. The van der Waals surface area contributed by atoms with Crippen molar-refractivity contribution >= 4 is 75.8 Å². The zero-order valence-corrected chi connectivity index (χ0v) is 32.3. The van der Waals surface area contributed by atoms with Crippen LogP contribution in [-0.2, 0) is 0 Å². The number of carbonyl (C=O) groups excluding carboxylic acids is 2. The van der Waals surface area contributed by atoms with Crippen LogP contribution >= 0.6 is 11.6 Å². The molecule has 10 nitrogen and oxygen atoms in total. The van der Waals surface area contributed by atoms with Crippen LogP contribution in [0.1, 0.15) is 53.3 Å². The van der Waals surface area contributed by atoms with E-state index in [0.717, 1.165) is 32.6 Å². The molecule has 3 heterocycles. The second kappa shape index (κ2) is 13.1. The first-order valence-electron chi connectivity index (χ1n) is 17.1. The molecule has 2 amide bonds. The van der Waals surface area contributed by atoms with Gasteiger partial charge in [0.1, 0.15) is 17.0 Å². The van der Waals surface area contributed by atoms with Gasteiger partial charge in [-0.1, -0.05) is 39.0 Å². The van der Waals surface area contributed by atoms with Crippen molar-refractivity contribution in [1.29, 1.82) is 0 Å². The number of aromatic amines is 1. The van der Waals surface area contributed by atoms with Gasteiger partial charge in [-0.2, -0.15) is 0 Å². The number of hydrogen-bond acceptors (Lipinski definition) is 7. The molecule has 0 spiro atoms. The molecule has 4 aromatic carbocycles. The smallest absolute Gasteiger partial charge is 0.291 e. The van der Waals surface area contributed by atoms with E-state index in [2.05, 4.69) is 44.2 Å². The van der Waals surface area contributed by atoms with Crippen LogP contribution in [0.3, 0.4) is 0 Å². The number of ether oxygens (including phenoxy) is 3. The highest BCUT2D eigenvalue weighted by Gasteiger charge is 2.42. The predicted octanol–water partition coefficient (Wildman–Crippen LogP) is 9.71. The molecule has 0 saturated heterocycles. The molecule has 0 radical (unpaired) electrons. The molecule has 52 heavy (non-hydrogen) atoms. The molecule has 2 N–H and O–H groups in total. The molecular formula is C40H42ClN3O7Si. The van der Waals surface area contributed by atoms with E-state index in [1.807, 2.05) is 48.5 Å². The average Bonchev–Trinajstić information content (AvgIpc) is 3.84. The van der Waals surface area contributed by atoms with Crippen LogP contribution in [-0.4, -0.2) is 58.9 Å². The van der Waals surface area contributed by atoms with Crippen LogP contribution in [0, 0.1) is 0 Å². The van der Waals surface area contributed by atoms with E-state index < -0.39 is 8.32 Å². The van der Waals surface area contributed by atoms with E-state index in [-0.39, 0.29) is 34.4 Å². The van der Waals surface area contributed by atoms with Crippen molar-refractivity contribution < 1.29 is 32.6 Å². The van der Waals surface area contributed by atoms with Crippen LogP contribution in [0.15, 0.2) is 71.1 Å². The molecule has 1 atom stereocenters. The molecule has 2 aromatic heterocycles. The number of rotatable bonds is 9. The molecule has 1 aliphatic heterocycles. The number of methoxy groups -OCH3 is 3. The molecule has 1 aliphatic rings. The summed E-state index contributed by atoms with van der Waals surface area (Å²) in [5, 5.41) is 6.00. The normalized spacial score (nSPS) is 14.6. The summed E-state index contributed by atoms with van der Waals surface area (Å²) in [7, 11) is 2.39. The Labute approximate surface area is 308 Å². The summed E-state index contributed by atoms with van der Waals surface area (Å²) in [6.07, 6.45) is 0. The zero-order chi connectivity index (χ0) is 37.1. The first-order chi connectivity index (χ1) is 24.8. The van der Waals surface area contributed by atoms with Crippen molar-refractivity contribution in [2.24, 2.45) is 0 Å². The molecule has 12 heteroatoms. The zero-order valence-electron chi connectivity index (χ0n) is 30.5. The van der Waals surface area contributed by atoms with Gasteiger partial charge in [-0.05, 0) is 66.2 Å². The number of nitrogens with zero attached hydrogens (tertiary/aromatic N) is 1. The number of amides is 2. The molecule has 270 valence electrons. The monoisotopic (exact) mass is 739 g/mol. The van der Waals surface area contributed by atoms with Crippen LogP contribution in [0.4, 0.5) is 11.4 Å². The Kier molecular flexibility index (Phi) is 8.91. The second-order valence-corrected chi connectivity index (χ2v) is 19.6. The van der Waals surface area contributed by atoms with Gasteiger partial charge in [0, 0.05) is 57.2 Å². The van der Waals surface area contributed by atoms with Gasteiger partial charge in [0.15, 0.2) is 17.3 Å². The molecule has 0 aliphatic carbocycles. The molecule has 1 unspecified atom stereocenters. The lowest BCUT2D eigenvalue weighted by Gasteiger charge is -2.37. The number of H-pyrrole nitrogens is 1. The van der Waals surface area contributed by atoms with Crippen molar-refractivity contribution in [3.63, 3.8) is 0 Å². The quantitative estimate of drug-likeness (QED) is 0.112. The minimum atomic E-state index is -2.37.